The van der Waals surface area contributed by atoms with Gasteiger partial charge in [-0.1, -0.05) is 24.3 Å². The normalized spacial score (nSPS) is 11.9. The van der Waals surface area contributed by atoms with Crippen molar-refractivity contribution in [1.82, 2.24) is 15.3 Å². The van der Waals surface area contributed by atoms with E-state index in [4.69, 9.17) is 9.47 Å². The minimum absolute atomic E-state index is 0.230. The van der Waals surface area contributed by atoms with Gasteiger partial charge in [-0.05, 0) is 35.7 Å². The van der Waals surface area contributed by atoms with Crippen molar-refractivity contribution in [3.05, 3.63) is 77.5 Å². The highest BCUT2D eigenvalue weighted by molar-refractivity contribution is 5.92. The summed E-state index contributed by atoms with van der Waals surface area (Å²) in [5, 5.41) is 5.91. The number of hydrogen-bond acceptors (Lipinski definition) is 6. The number of benzene rings is 2. The molecule has 0 aliphatic carbocycles. The van der Waals surface area contributed by atoms with Crippen molar-refractivity contribution in [3.8, 4) is 11.5 Å². The largest absolute Gasteiger partial charge is 0.454 e. The van der Waals surface area contributed by atoms with E-state index in [1.165, 1.54) is 12.4 Å². The maximum atomic E-state index is 13.6. The lowest BCUT2D eigenvalue weighted by Gasteiger charge is -2.09. The monoisotopic (exact) mass is 394 g/mol. The molecule has 0 fully saturated rings. The Kier molecular flexibility index (Phi) is 5.51. The molecular formula is C21H19FN4O3. The highest BCUT2D eigenvalue weighted by Crippen LogP contribution is 2.32. The summed E-state index contributed by atoms with van der Waals surface area (Å²) in [6, 6.07) is 13.8. The Morgan fingerprint density at radius 1 is 1.07 bits per heavy atom. The lowest BCUT2D eigenvalue weighted by atomic mass is 10.1. The lowest BCUT2D eigenvalue weighted by molar-refractivity contribution is 0.0949. The van der Waals surface area contributed by atoms with Gasteiger partial charge < -0.3 is 20.1 Å². The highest BCUT2D eigenvalue weighted by atomic mass is 19.1. The van der Waals surface area contributed by atoms with E-state index in [0.717, 1.165) is 11.3 Å². The van der Waals surface area contributed by atoms with Crippen molar-refractivity contribution in [2.75, 3.05) is 18.7 Å². The van der Waals surface area contributed by atoms with Gasteiger partial charge in [-0.2, -0.15) is 0 Å². The Hall–Kier alpha value is -3.68. The fourth-order valence-corrected chi connectivity index (χ4v) is 2.92. The molecule has 1 aliphatic rings. The summed E-state index contributed by atoms with van der Waals surface area (Å²) in [5.41, 5.74) is 1.78. The number of halogens is 1. The average molecular weight is 394 g/mol. The van der Waals surface area contributed by atoms with Crippen LogP contribution < -0.4 is 20.1 Å². The first-order valence-electron chi connectivity index (χ1n) is 9.15. The van der Waals surface area contributed by atoms with Crippen LogP contribution in [-0.2, 0) is 13.0 Å². The van der Waals surface area contributed by atoms with Gasteiger partial charge in [0, 0.05) is 19.2 Å². The van der Waals surface area contributed by atoms with E-state index in [1.54, 1.807) is 24.3 Å². The Morgan fingerprint density at radius 2 is 1.93 bits per heavy atom. The molecule has 0 saturated heterocycles. The molecule has 0 unspecified atom stereocenters. The van der Waals surface area contributed by atoms with Crippen molar-refractivity contribution < 1.29 is 18.7 Å². The summed E-state index contributed by atoms with van der Waals surface area (Å²) in [6.45, 7) is 1.04. The molecule has 1 aliphatic heterocycles. The number of carbonyl (C=O) groups is 1. The van der Waals surface area contributed by atoms with E-state index < -0.39 is 0 Å². The number of fused-ring (bicyclic) bond motifs is 1. The number of rotatable bonds is 7. The predicted octanol–water partition coefficient (Wildman–Crippen LogP) is 2.93. The van der Waals surface area contributed by atoms with Crippen LogP contribution in [0.4, 0.5) is 10.2 Å². The molecule has 2 heterocycles. The number of hydrogen-bond donors (Lipinski definition) is 2. The summed E-state index contributed by atoms with van der Waals surface area (Å²) < 4.78 is 24.3. The smallest absolute Gasteiger partial charge is 0.270 e. The third-order valence-corrected chi connectivity index (χ3v) is 4.45. The molecule has 3 aromatic rings. The summed E-state index contributed by atoms with van der Waals surface area (Å²) >= 11 is 0. The van der Waals surface area contributed by atoms with Crippen molar-refractivity contribution in [2.45, 2.75) is 13.0 Å². The summed E-state index contributed by atoms with van der Waals surface area (Å²) in [5.74, 6) is 1.35. The Bertz CT molecular complexity index is 1030. The number of amides is 1. The average Bonchev–Trinajstić information content (AvgIpc) is 3.22. The molecule has 7 nitrogen and oxygen atoms in total. The number of nitrogens with zero attached hydrogens (tertiary/aromatic N) is 2. The first kappa shape index (κ1) is 18.7. The van der Waals surface area contributed by atoms with Crippen LogP contribution in [0.15, 0.2) is 54.9 Å². The van der Waals surface area contributed by atoms with Crippen LogP contribution in [0.2, 0.25) is 0 Å². The number of ether oxygens (including phenoxy) is 2. The maximum Gasteiger partial charge on any atom is 0.270 e. The molecule has 0 saturated carbocycles. The lowest BCUT2D eigenvalue weighted by Crippen LogP contribution is -2.27. The second-order valence-electron chi connectivity index (χ2n) is 6.43. The van der Waals surface area contributed by atoms with Gasteiger partial charge >= 0.3 is 0 Å². The molecule has 29 heavy (non-hydrogen) atoms. The van der Waals surface area contributed by atoms with Crippen LogP contribution >= 0.6 is 0 Å². The van der Waals surface area contributed by atoms with Gasteiger partial charge in [0.05, 0.1) is 0 Å². The maximum absolute atomic E-state index is 13.6. The number of carbonyl (C=O) groups excluding carboxylic acids is 1. The van der Waals surface area contributed by atoms with Crippen LogP contribution in [0, 0.1) is 5.82 Å². The van der Waals surface area contributed by atoms with Gasteiger partial charge in [0.1, 0.15) is 23.7 Å². The molecule has 2 N–H and O–H groups in total. The molecule has 0 bridgehead atoms. The standard InChI is InChI=1S/C21H19FN4O3/c22-16-4-2-1-3-15(16)7-8-23-21(27)17-10-20(26-12-25-17)24-11-14-5-6-18-19(9-14)29-13-28-18/h1-6,9-10,12H,7-8,11,13H2,(H,23,27)(H,24,25,26). The Labute approximate surface area is 166 Å². The van der Waals surface area contributed by atoms with E-state index in [0.29, 0.717) is 36.6 Å². The first-order valence-corrected chi connectivity index (χ1v) is 9.15. The fraction of sp³-hybridized carbons (Fsp3) is 0.190. The molecule has 4 rings (SSSR count). The van der Waals surface area contributed by atoms with Gasteiger partial charge in [-0.3, -0.25) is 4.79 Å². The Balaban J connectivity index is 1.32. The minimum atomic E-state index is -0.338. The minimum Gasteiger partial charge on any atom is -0.454 e. The van der Waals surface area contributed by atoms with Crippen LogP contribution in [0.1, 0.15) is 21.6 Å². The van der Waals surface area contributed by atoms with Crippen molar-refractivity contribution in [3.63, 3.8) is 0 Å². The summed E-state index contributed by atoms with van der Waals surface area (Å²) in [7, 11) is 0. The molecule has 0 atom stereocenters. The van der Waals surface area contributed by atoms with Gasteiger partial charge in [0.25, 0.3) is 5.91 Å². The predicted molar refractivity (Wildman–Crippen MR) is 104 cm³/mol. The van der Waals surface area contributed by atoms with E-state index in [-0.39, 0.29) is 24.2 Å². The van der Waals surface area contributed by atoms with Crippen LogP contribution in [0.3, 0.4) is 0 Å². The second kappa shape index (κ2) is 8.55. The number of nitrogens with one attached hydrogen (secondary N) is 2. The SMILES string of the molecule is O=C(NCCc1ccccc1F)c1cc(NCc2ccc3c(c2)OCO3)ncn1. The van der Waals surface area contributed by atoms with Gasteiger partial charge in [-0.15, -0.1) is 0 Å². The Morgan fingerprint density at radius 3 is 2.83 bits per heavy atom. The third-order valence-electron chi connectivity index (χ3n) is 4.45. The van der Waals surface area contributed by atoms with Crippen molar-refractivity contribution in [1.29, 1.82) is 0 Å². The molecule has 148 valence electrons. The highest BCUT2D eigenvalue weighted by Gasteiger charge is 2.13. The zero-order valence-electron chi connectivity index (χ0n) is 15.5. The van der Waals surface area contributed by atoms with E-state index in [2.05, 4.69) is 20.6 Å². The van der Waals surface area contributed by atoms with Crippen molar-refractivity contribution >= 4 is 11.7 Å². The second-order valence-corrected chi connectivity index (χ2v) is 6.43. The van der Waals surface area contributed by atoms with Crippen LogP contribution in [0.25, 0.3) is 0 Å². The fourth-order valence-electron chi connectivity index (χ4n) is 2.92. The van der Waals surface area contributed by atoms with E-state index in [9.17, 15) is 9.18 Å². The van der Waals surface area contributed by atoms with Gasteiger partial charge in [-0.25, -0.2) is 14.4 Å². The van der Waals surface area contributed by atoms with E-state index >= 15 is 0 Å². The zero-order chi connectivity index (χ0) is 20.1. The van der Waals surface area contributed by atoms with E-state index in [1.807, 2.05) is 18.2 Å². The van der Waals surface area contributed by atoms with Crippen LogP contribution in [0.5, 0.6) is 11.5 Å². The van der Waals surface area contributed by atoms with Gasteiger partial charge in [0.15, 0.2) is 11.5 Å². The molecule has 2 aromatic carbocycles. The third kappa shape index (κ3) is 4.60. The molecule has 8 heteroatoms. The zero-order valence-corrected chi connectivity index (χ0v) is 15.5. The molecular weight excluding hydrogens is 375 g/mol. The topological polar surface area (TPSA) is 85.4 Å². The molecule has 0 spiro atoms. The number of aromatic nitrogens is 2. The summed E-state index contributed by atoms with van der Waals surface area (Å²) in [6.07, 6.45) is 1.73. The summed E-state index contributed by atoms with van der Waals surface area (Å²) in [4.78, 5) is 20.5. The van der Waals surface area contributed by atoms with Crippen LogP contribution in [-0.4, -0.2) is 29.2 Å². The molecule has 0 radical (unpaired) electrons. The van der Waals surface area contributed by atoms with Crippen molar-refractivity contribution in [2.24, 2.45) is 0 Å². The molecule has 1 aromatic heterocycles. The quantitative estimate of drug-likeness (QED) is 0.641. The first-order chi connectivity index (χ1) is 14.2. The van der Waals surface area contributed by atoms with Gasteiger partial charge in [0.2, 0.25) is 6.79 Å². The number of anilines is 1. The molecule has 1 amide bonds.